The Balaban J connectivity index is 2.30. The van der Waals surface area contributed by atoms with Gasteiger partial charge >= 0.3 is 11.7 Å². The molecule has 7 nitrogen and oxygen atoms in total. The summed E-state index contributed by atoms with van der Waals surface area (Å²) in [6.45, 7) is 2.12. The number of carbonyl (C=O) groups is 1. The van der Waals surface area contributed by atoms with Gasteiger partial charge in [-0.3, -0.25) is 9.36 Å². The highest BCUT2D eigenvalue weighted by atomic mass is 16.4. The molecule has 0 aliphatic rings. The number of carboxylic acid groups (broad SMARTS) is 1. The fourth-order valence-electron chi connectivity index (χ4n) is 3.05. The molecule has 0 saturated carbocycles. The molecule has 0 aliphatic carbocycles. The predicted molar refractivity (Wildman–Crippen MR) is 98.7 cm³/mol. The Morgan fingerprint density at radius 1 is 1.08 bits per heavy atom. The largest absolute Gasteiger partial charge is 0.504 e. The van der Waals surface area contributed by atoms with E-state index in [4.69, 9.17) is 5.11 Å². The number of phenolic OH excluding ortho intramolecular Hbond substituents is 2. The number of unbranched alkanes of at least 4 members (excludes halogenated alkanes) is 5. The molecule has 26 heavy (non-hydrogen) atoms. The summed E-state index contributed by atoms with van der Waals surface area (Å²) in [4.78, 5) is 27.3. The van der Waals surface area contributed by atoms with Crippen molar-refractivity contribution >= 4 is 16.9 Å². The van der Waals surface area contributed by atoms with Crippen molar-refractivity contribution in [1.29, 1.82) is 0 Å². The van der Waals surface area contributed by atoms with E-state index in [9.17, 15) is 19.8 Å². The molecular formula is C19H26N2O5. The molecule has 142 valence electrons. The highest BCUT2D eigenvalue weighted by molar-refractivity contribution is 5.85. The zero-order valence-corrected chi connectivity index (χ0v) is 15.1. The van der Waals surface area contributed by atoms with Crippen LogP contribution in [0.1, 0.15) is 57.6 Å². The summed E-state index contributed by atoms with van der Waals surface area (Å²) in [6.07, 6.45) is 7.01. The van der Waals surface area contributed by atoms with Crippen molar-refractivity contribution in [1.82, 2.24) is 9.55 Å². The van der Waals surface area contributed by atoms with Crippen LogP contribution in [0.5, 0.6) is 11.5 Å². The van der Waals surface area contributed by atoms with Gasteiger partial charge in [0.15, 0.2) is 11.5 Å². The first-order valence-corrected chi connectivity index (χ1v) is 9.11. The second-order valence-electron chi connectivity index (χ2n) is 6.51. The number of benzene rings is 1. The molecule has 0 aliphatic heterocycles. The SMILES string of the molecule is CCCCCCCCc1nc(=O)n(CCC(=O)O)c2cc(O)c(O)cc12. The number of rotatable bonds is 10. The van der Waals surface area contributed by atoms with Crippen LogP contribution < -0.4 is 5.69 Å². The zero-order valence-electron chi connectivity index (χ0n) is 15.1. The first-order chi connectivity index (χ1) is 12.4. The molecule has 0 fully saturated rings. The smallest absolute Gasteiger partial charge is 0.348 e. The third-order valence-corrected chi connectivity index (χ3v) is 4.47. The van der Waals surface area contributed by atoms with Crippen molar-refractivity contribution in [2.75, 3.05) is 0 Å². The van der Waals surface area contributed by atoms with E-state index in [1.165, 1.54) is 36.0 Å². The summed E-state index contributed by atoms with van der Waals surface area (Å²) in [5, 5.41) is 29.1. The van der Waals surface area contributed by atoms with Crippen LogP contribution in [0.3, 0.4) is 0 Å². The van der Waals surface area contributed by atoms with Crippen molar-refractivity contribution < 1.29 is 20.1 Å². The third-order valence-electron chi connectivity index (χ3n) is 4.47. The highest BCUT2D eigenvalue weighted by Gasteiger charge is 2.14. The Bertz CT molecular complexity index is 829. The summed E-state index contributed by atoms with van der Waals surface area (Å²) in [5.41, 5.74) is 0.426. The van der Waals surface area contributed by atoms with Crippen LogP contribution in [0.15, 0.2) is 16.9 Å². The summed E-state index contributed by atoms with van der Waals surface area (Å²) in [6, 6.07) is 2.68. The molecule has 1 heterocycles. The number of fused-ring (bicyclic) bond motifs is 1. The van der Waals surface area contributed by atoms with Gasteiger partial charge in [-0.15, -0.1) is 0 Å². The van der Waals surface area contributed by atoms with E-state index in [0.717, 1.165) is 19.3 Å². The van der Waals surface area contributed by atoms with Crippen LogP contribution in [-0.4, -0.2) is 30.8 Å². The molecule has 2 rings (SSSR count). The number of hydrogen-bond acceptors (Lipinski definition) is 5. The van der Waals surface area contributed by atoms with E-state index in [-0.39, 0.29) is 24.5 Å². The van der Waals surface area contributed by atoms with Crippen LogP contribution in [0.2, 0.25) is 0 Å². The maximum absolute atomic E-state index is 12.4. The van der Waals surface area contributed by atoms with Crippen LogP contribution in [0.4, 0.5) is 0 Å². The molecule has 0 saturated heterocycles. The molecule has 0 bridgehead atoms. The number of hydrogen-bond donors (Lipinski definition) is 3. The first kappa shape index (κ1) is 19.8. The lowest BCUT2D eigenvalue weighted by molar-refractivity contribution is -0.137. The molecule has 7 heteroatoms. The Kier molecular flexibility index (Phi) is 7.00. The Labute approximate surface area is 151 Å². The van der Waals surface area contributed by atoms with Crippen molar-refractivity contribution in [3.8, 4) is 11.5 Å². The maximum Gasteiger partial charge on any atom is 0.348 e. The van der Waals surface area contributed by atoms with E-state index in [1.807, 2.05) is 0 Å². The average Bonchev–Trinajstić information content (AvgIpc) is 2.59. The first-order valence-electron chi connectivity index (χ1n) is 9.11. The molecule has 0 amide bonds. The van der Waals surface area contributed by atoms with Gasteiger partial charge in [-0.25, -0.2) is 4.79 Å². The van der Waals surface area contributed by atoms with Gasteiger partial charge in [0.2, 0.25) is 0 Å². The number of carboxylic acids is 1. The molecule has 0 spiro atoms. The molecule has 0 unspecified atom stereocenters. The van der Waals surface area contributed by atoms with E-state index in [0.29, 0.717) is 23.0 Å². The van der Waals surface area contributed by atoms with Gasteiger partial charge in [0.1, 0.15) is 0 Å². The topological polar surface area (TPSA) is 113 Å². The summed E-state index contributed by atoms with van der Waals surface area (Å²) in [5.74, 6) is -1.66. The fourth-order valence-corrected chi connectivity index (χ4v) is 3.05. The Morgan fingerprint density at radius 2 is 1.73 bits per heavy atom. The average molecular weight is 362 g/mol. The van der Waals surface area contributed by atoms with Crippen LogP contribution in [0, 0.1) is 0 Å². The Morgan fingerprint density at radius 3 is 2.42 bits per heavy atom. The van der Waals surface area contributed by atoms with Crippen molar-refractivity contribution in [2.45, 2.75) is 64.8 Å². The second-order valence-corrected chi connectivity index (χ2v) is 6.51. The predicted octanol–water partition coefficient (Wildman–Crippen LogP) is 3.19. The van der Waals surface area contributed by atoms with Crippen molar-refractivity contribution in [3.05, 3.63) is 28.3 Å². The van der Waals surface area contributed by atoms with Gasteiger partial charge in [0.25, 0.3) is 0 Å². The van der Waals surface area contributed by atoms with Gasteiger partial charge in [0.05, 0.1) is 17.6 Å². The maximum atomic E-state index is 12.4. The lowest BCUT2D eigenvalue weighted by Gasteiger charge is -2.13. The van der Waals surface area contributed by atoms with Gasteiger partial charge < -0.3 is 15.3 Å². The van der Waals surface area contributed by atoms with Crippen molar-refractivity contribution in [2.24, 2.45) is 0 Å². The monoisotopic (exact) mass is 362 g/mol. The zero-order chi connectivity index (χ0) is 19.1. The summed E-state index contributed by atoms with van der Waals surface area (Å²) >= 11 is 0. The summed E-state index contributed by atoms with van der Waals surface area (Å²) in [7, 11) is 0. The highest BCUT2D eigenvalue weighted by Crippen LogP contribution is 2.31. The quantitative estimate of drug-likeness (QED) is 0.442. The molecule has 3 N–H and O–H groups in total. The van der Waals surface area contributed by atoms with E-state index < -0.39 is 11.7 Å². The molecule has 2 aromatic rings. The standard InChI is InChI=1S/C19H26N2O5/c1-2-3-4-5-6-7-8-14-13-11-16(22)17(23)12-15(13)21(19(26)20-14)10-9-18(24)25/h11-12,22-23H,2-10H2,1H3,(H,24,25). The van der Waals surface area contributed by atoms with E-state index in [1.54, 1.807) is 0 Å². The Hall–Kier alpha value is -2.57. The minimum absolute atomic E-state index is 0.0425. The normalized spacial score (nSPS) is 11.1. The summed E-state index contributed by atoms with van der Waals surface area (Å²) < 4.78 is 1.23. The van der Waals surface area contributed by atoms with Gasteiger partial charge in [-0.05, 0) is 18.9 Å². The van der Waals surface area contributed by atoms with Gasteiger partial charge in [-0.2, -0.15) is 4.98 Å². The van der Waals surface area contributed by atoms with Crippen LogP contribution in [0.25, 0.3) is 10.9 Å². The lowest BCUT2D eigenvalue weighted by atomic mass is 10.0. The van der Waals surface area contributed by atoms with E-state index >= 15 is 0 Å². The van der Waals surface area contributed by atoms with Crippen LogP contribution in [-0.2, 0) is 17.8 Å². The minimum Gasteiger partial charge on any atom is -0.504 e. The number of aromatic hydroxyl groups is 2. The number of phenols is 2. The number of nitrogens with zero attached hydrogens (tertiary/aromatic N) is 2. The molecule has 0 radical (unpaired) electrons. The number of aliphatic carboxylic acids is 1. The minimum atomic E-state index is -1.02. The van der Waals surface area contributed by atoms with Gasteiger partial charge in [-0.1, -0.05) is 39.0 Å². The molecular weight excluding hydrogens is 336 g/mol. The van der Waals surface area contributed by atoms with Crippen LogP contribution >= 0.6 is 0 Å². The third kappa shape index (κ3) is 4.97. The molecule has 1 aromatic heterocycles. The molecule has 0 atom stereocenters. The van der Waals surface area contributed by atoms with Gasteiger partial charge in [0, 0.05) is 18.0 Å². The van der Waals surface area contributed by atoms with E-state index in [2.05, 4.69) is 11.9 Å². The second kappa shape index (κ2) is 9.22. The molecule has 1 aromatic carbocycles. The fraction of sp³-hybridized carbons (Fsp3) is 0.526. The number of aromatic nitrogens is 2. The number of aryl methyl sites for hydroxylation is 2. The van der Waals surface area contributed by atoms with Crippen molar-refractivity contribution in [3.63, 3.8) is 0 Å². The lowest BCUT2D eigenvalue weighted by Crippen LogP contribution is -2.26.